The van der Waals surface area contributed by atoms with E-state index in [1.165, 1.54) is 0 Å². The maximum atomic E-state index is 11.6. The van der Waals surface area contributed by atoms with E-state index in [0.717, 1.165) is 10.0 Å². The van der Waals surface area contributed by atoms with E-state index in [0.29, 0.717) is 5.69 Å². The summed E-state index contributed by atoms with van der Waals surface area (Å²) in [5.41, 5.74) is 1.22. The number of carboxylic acids is 1. The Kier molecular flexibility index (Phi) is 4.53. The second-order valence-corrected chi connectivity index (χ2v) is 6.28. The van der Waals surface area contributed by atoms with Gasteiger partial charge in [0, 0.05) is 4.47 Å². The van der Waals surface area contributed by atoms with E-state index >= 15 is 0 Å². The lowest BCUT2D eigenvalue weighted by atomic mass is 10.2. The summed E-state index contributed by atoms with van der Waals surface area (Å²) in [6.07, 6.45) is -0.414. The van der Waals surface area contributed by atoms with Crippen LogP contribution in [0.25, 0.3) is 0 Å². The minimum Gasteiger partial charge on any atom is -0.481 e. The molecule has 0 heterocycles. The average molecular weight is 322 g/mol. The molecule has 17 heavy (non-hydrogen) atoms. The second kappa shape index (κ2) is 5.50. The first-order valence-corrected chi connectivity index (χ1v) is 7.23. The van der Waals surface area contributed by atoms with E-state index in [4.69, 9.17) is 5.11 Å². The van der Waals surface area contributed by atoms with Crippen LogP contribution in [0.3, 0.4) is 0 Å². The van der Waals surface area contributed by atoms with Gasteiger partial charge in [0.25, 0.3) is 0 Å². The van der Waals surface area contributed by atoms with Gasteiger partial charge < -0.3 is 5.11 Å². The second-order valence-electron chi connectivity index (χ2n) is 3.52. The fraction of sp³-hybridized carbons (Fsp3) is 0.300. The van der Waals surface area contributed by atoms with Gasteiger partial charge in [-0.15, -0.1) is 0 Å². The van der Waals surface area contributed by atoms with E-state index in [2.05, 4.69) is 20.7 Å². The van der Waals surface area contributed by atoms with E-state index in [1.807, 2.05) is 0 Å². The van der Waals surface area contributed by atoms with Gasteiger partial charge in [0.05, 0.1) is 17.9 Å². The molecule has 7 heteroatoms. The third-order valence-electron chi connectivity index (χ3n) is 2.05. The number of aryl methyl sites for hydroxylation is 1. The van der Waals surface area contributed by atoms with E-state index in [-0.39, 0.29) is 0 Å². The number of carboxylic acid groups (broad SMARTS) is 1. The van der Waals surface area contributed by atoms with Crippen molar-refractivity contribution < 1.29 is 18.3 Å². The lowest BCUT2D eigenvalue weighted by Gasteiger charge is -2.10. The summed E-state index contributed by atoms with van der Waals surface area (Å²) in [6.45, 7) is 1.77. The number of hydrogen-bond acceptors (Lipinski definition) is 3. The number of anilines is 1. The van der Waals surface area contributed by atoms with Crippen molar-refractivity contribution in [1.82, 2.24) is 0 Å². The van der Waals surface area contributed by atoms with E-state index < -0.39 is 28.2 Å². The third kappa shape index (κ3) is 4.74. The highest BCUT2D eigenvalue weighted by Gasteiger charge is 2.14. The van der Waals surface area contributed by atoms with E-state index in [1.54, 1.807) is 25.1 Å². The zero-order chi connectivity index (χ0) is 13.1. The number of rotatable bonds is 5. The Morgan fingerprint density at radius 3 is 2.71 bits per heavy atom. The van der Waals surface area contributed by atoms with Crippen LogP contribution in [0.4, 0.5) is 5.69 Å². The van der Waals surface area contributed by atoms with Gasteiger partial charge in [-0.05, 0) is 24.6 Å². The van der Waals surface area contributed by atoms with Gasteiger partial charge in [0.2, 0.25) is 10.0 Å². The smallest absolute Gasteiger partial charge is 0.304 e. The van der Waals surface area contributed by atoms with Crippen molar-refractivity contribution in [3.63, 3.8) is 0 Å². The number of sulfonamides is 1. The van der Waals surface area contributed by atoms with E-state index in [9.17, 15) is 13.2 Å². The van der Waals surface area contributed by atoms with Crippen LogP contribution in [0.15, 0.2) is 22.7 Å². The molecule has 0 amide bonds. The summed E-state index contributed by atoms with van der Waals surface area (Å²) < 4.78 is 26.3. The van der Waals surface area contributed by atoms with Crippen molar-refractivity contribution in [2.75, 3.05) is 10.5 Å². The molecule has 94 valence electrons. The first-order valence-electron chi connectivity index (χ1n) is 4.78. The summed E-state index contributed by atoms with van der Waals surface area (Å²) in [6, 6.07) is 5.19. The number of hydrogen-bond donors (Lipinski definition) is 2. The molecule has 1 aromatic carbocycles. The first-order chi connectivity index (χ1) is 7.80. The Bertz CT molecular complexity index is 527. The number of aliphatic carboxylic acids is 1. The molecular formula is C10H12BrNO4S. The Hall–Kier alpha value is -1.08. The summed E-state index contributed by atoms with van der Waals surface area (Å²) in [5, 5.41) is 8.44. The summed E-state index contributed by atoms with van der Waals surface area (Å²) in [4.78, 5) is 10.3. The molecule has 0 atom stereocenters. The number of benzene rings is 1. The lowest BCUT2D eigenvalue weighted by Crippen LogP contribution is -2.19. The summed E-state index contributed by atoms with van der Waals surface area (Å²) in [5.74, 6) is -1.57. The topological polar surface area (TPSA) is 83.5 Å². The first kappa shape index (κ1) is 14.0. The van der Waals surface area contributed by atoms with Crippen LogP contribution in [0.2, 0.25) is 0 Å². The maximum absolute atomic E-state index is 11.6. The normalized spacial score (nSPS) is 11.2. The van der Waals surface area contributed by atoms with Gasteiger partial charge in [0.1, 0.15) is 0 Å². The van der Waals surface area contributed by atoms with Gasteiger partial charge in [-0.3, -0.25) is 9.52 Å². The maximum Gasteiger partial charge on any atom is 0.304 e. The fourth-order valence-electron chi connectivity index (χ4n) is 1.14. The van der Waals surface area contributed by atoms with Crippen LogP contribution in [-0.4, -0.2) is 25.2 Å². The highest BCUT2D eigenvalue weighted by Crippen LogP contribution is 2.21. The molecule has 5 nitrogen and oxygen atoms in total. The van der Waals surface area contributed by atoms with Gasteiger partial charge in [-0.1, -0.05) is 22.0 Å². The van der Waals surface area contributed by atoms with Crippen molar-refractivity contribution in [3.8, 4) is 0 Å². The van der Waals surface area contributed by atoms with Crippen molar-refractivity contribution in [3.05, 3.63) is 28.2 Å². The van der Waals surface area contributed by atoms with Gasteiger partial charge in [-0.25, -0.2) is 8.42 Å². The largest absolute Gasteiger partial charge is 0.481 e. The van der Waals surface area contributed by atoms with Crippen molar-refractivity contribution >= 4 is 37.6 Å². The van der Waals surface area contributed by atoms with Gasteiger partial charge >= 0.3 is 5.97 Å². The molecule has 0 unspecified atom stereocenters. The molecule has 0 aliphatic heterocycles. The quantitative estimate of drug-likeness (QED) is 0.868. The minimum absolute atomic E-state index is 0.414. The van der Waals surface area contributed by atoms with Crippen molar-refractivity contribution in [2.45, 2.75) is 13.3 Å². The van der Waals surface area contributed by atoms with Crippen LogP contribution < -0.4 is 4.72 Å². The SMILES string of the molecule is Cc1ccc(Br)cc1NS(=O)(=O)CCC(=O)O. The zero-order valence-electron chi connectivity index (χ0n) is 9.10. The highest BCUT2D eigenvalue weighted by molar-refractivity contribution is 9.10. The summed E-state index contributed by atoms with van der Waals surface area (Å²) >= 11 is 3.24. The standard InChI is InChI=1S/C10H12BrNO4S/c1-7-2-3-8(11)6-9(7)12-17(15,16)5-4-10(13)14/h2-3,6,12H,4-5H2,1H3,(H,13,14). The molecule has 0 aliphatic rings. The number of nitrogens with one attached hydrogen (secondary N) is 1. The molecule has 0 aromatic heterocycles. The molecule has 0 aliphatic carbocycles. The molecule has 0 fully saturated rings. The lowest BCUT2D eigenvalue weighted by molar-refractivity contribution is -0.136. The molecule has 2 N–H and O–H groups in total. The Balaban J connectivity index is 2.83. The predicted molar refractivity (Wildman–Crippen MR) is 68.5 cm³/mol. The minimum atomic E-state index is -3.62. The molecule has 1 rings (SSSR count). The Morgan fingerprint density at radius 1 is 1.47 bits per heavy atom. The molecule has 1 aromatic rings. The predicted octanol–water partition coefficient (Wildman–Crippen LogP) is 1.97. The Morgan fingerprint density at radius 2 is 2.12 bits per heavy atom. The van der Waals surface area contributed by atoms with Crippen molar-refractivity contribution in [2.24, 2.45) is 0 Å². The van der Waals surface area contributed by atoms with Crippen molar-refractivity contribution in [1.29, 1.82) is 0 Å². The number of halogens is 1. The molecule has 0 saturated heterocycles. The molecule has 0 saturated carbocycles. The molecule has 0 spiro atoms. The van der Waals surface area contributed by atoms with Crippen LogP contribution in [-0.2, 0) is 14.8 Å². The number of carbonyl (C=O) groups is 1. The summed E-state index contributed by atoms with van der Waals surface area (Å²) in [7, 11) is -3.62. The average Bonchev–Trinajstić information content (AvgIpc) is 2.20. The molecule has 0 radical (unpaired) electrons. The van der Waals surface area contributed by atoms with Crippen LogP contribution in [0, 0.1) is 6.92 Å². The van der Waals surface area contributed by atoms with Crippen LogP contribution >= 0.6 is 15.9 Å². The van der Waals surface area contributed by atoms with Gasteiger partial charge in [0.15, 0.2) is 0 Å². The van der Waals surface area contributed by atoms with Crippen LogP contribution in [0.1, 0.15) is 12.0 Å². The highest BCUT2D eigenvalue weighted by atomic mass is 79.9. The Labute approximate surface area is 108 Å². The molecular weight excluding hydrogens is 310 g/mol. The zero-order valence-corrected chi connectivity index (χ0v) is 11.5. The monoisotopic (exact) mass is 321 g/mol. The van der Waals surface area contributed by atoms with Crippen LogP contribution in [0.5, 0.6) is 0 Å². The third-order valence-corrected chi connectivity index (χ3v) is 3.82. The van der Waals surface area contributed by atoms with Gasteiger partial charge in [-0.2, -0.15) is 0 Å². The molecule has 0 bridgehead atoms. The fourth-order valence-corrected chi connectivity index (χ4v) is 2.61.